The lowest BCUT2D eigenvalue weighted by Crippen LogP contribution is -2.52. The van der Waals surface area contributed by atoms with E-state index in [1.807, 2.05) is 36.5 Å². The number of H-pyrrole nitrogens is 1. The zero-order valence-electron chi connectivity index (χ0n) is 25.2. The van der Waals surface area contributed by atoms with Crippen LogP contribution in [-0.2, 0) is 0 Å². The summed E-state index contributed by atoms with van der Waals surface area (Å²) >= 11 is 0. The van der Waals surface area contributed by atoms with Crippen LogP contribution in [0, 0.1) is 5.82 Å². The molecule has 1 aliphatic carbocycles. The number of likely N-dealkylation sites (N-methyl/N-ethyl adjacent to an activating group) is 1. The molecule has 3 fully saturated rings. The van der Waals surface area contributed by atoms with Gasteiger partial charge in [0.25, 0.3) is 5.91 Å². The molecule has 0 spiro atoms. The molecule has 0 unspecified atom stereocenters. The number of halogens is 1. The van der Waals surface area contributed by atoms with Gasteiger partial charge in [0, 0.05) is 79.7 Å². The monoisotopic (exact) mass is 597 g/mol. The Balaban J connectivity index is 1.13. The number of hydrogen-bond acceptors (Lipinski definition) is 8. The Bertz CT molecular complexity index is 1650. The van der Waals surface area contributed by atoms with Gasteiger partial charge in [-0.25, -0.2) is 14.4 Å². The van der Waals surface area contributed by atoms with E-state index >= 15 is 4.39 Å². The van der Waals surface area contributed by atoms with Crippen LogP contribution in [0.3, 0.4) is 0 Å². The van der Waals surface area contributed by atoms with E-state index < -0.39 is 5.91 Å². The fourth-order valence-electron chi connectivity index (χ4n) is 6.66. The van der Waals surface area contributed by atoms with Crippen LogP contribution < -0.4 is 21.3 Å². The zero-order valence-corrected chi connectivity index (χ0v) is 25.2. The van der Waals surface area contributed by atoms with Crippen LogP contribution >= 0.6 is 0 Å². The summed E-state index contributed by atoms with van der Waals surface area (Å²) in [4.78, 5) is 32.6. The Morgan fingerprint density at radius 2 is 1.77 bits per heavy atom. The Kier molecular flexibility index (Phi) is 7.82. The first-order chi connectivity index (χ1) is 21.4. The van der Waals surface area contributed by atoms with Gasteiger partial charge in [0.05, 0.1) is 5.69 Å². The highest BCUT2D eigenvalue weighted by Gasteiger charge is 2.28. The lowest BCUT2D eigenvalue weighted by atomic mass is 9.93. The minimum Gasteiger partial charge on any atom is -0.369 e. The number of nitrogens with zero attached hydrogens (tertiary/aromatic N) is 5. The largest absolute Gasteiger partial charge is 0.369 e. The number of piperazine rings is 1. The molecule has 2 aromatic carbocycles. The van der Waals surface area contributed by atoms with Crippen molar-refractivity contribution in [2.24, 2.45) is 5.73 Å². The number of benzene rings is 2. The topological polar surface area (TPSA) is 118 Å². The fraction of sp³-hybridized carbons (Fsp3) is 0.424. The number of carbonyl (C=O) groups excluding carboxylic acids is 1. The Morgan fingerprint density at radius 1 is 0.977 bits per heavy atom. The molecular weight excluding hydrogens is 557 g/mol. The van der Waals surface area contributed by atoms with Crippen LogP contribution in [0.15, 0.2) is 48.7 Å². The highest BCUT2D eigenvalue weighted by atomic mass is 19.1. The normalized spacial score (nSPS) is 18.8. The SMILES string of the molecule is CN1CCN(C2CCN(c3ccc(Nc4nc(NC5CCC5)c(-c5cccc6[nH]ccc56)nc4C(N)=O)cc3F)CC2)CC1. The number of fused-ring (bicyclic) bond motifs is 1. The third-order valence-electron chi connectivity index (χ3n) is 9.50. The Labute approximate surface area is 256 Å². The average Bonchev–Trinajstić information content (AvgIpc) is 3.49. The van der Waals surface area contributed by atoms with E-state index in [9.17, 15) is 4.79 Å². The van der Waals surface area contributed by atoms with Crippen molar-refractivity contribution in [1.29, 1.82) is 0 Å². The highest BCUT2D eigenvalue weighted by Crippen LogP contribution is 2.36. The van der Waals surface area contributed by atoms with Crippen molar-refractivity contribution in [2.75, 3.05) is 61.8 Å². The van der Waals surface area contributed by atoms with Gasteiger partial charge in [0.15, 0.2) is 17.3 Å². The van der Waals surface area contributed by atoms with Gasteiger partial charge >= 0.3 is 0 Å². The molecule has 4 heterocycles. The molecule has 5 N–H and O–H groups in total. The molecule has 4 aromatic rings. The molecule has 2 saturated heterocycles. The third kappa shape index (κ3) is 5.69. The van der Waals surface area contributed by atoms with Crippen LogP contribution in [0.2, 0.25) is 0 Å². The predicted octanol–water partition coefficient (Wildman–Crippen LogP) is 4.79. The summed E-state index contributed by atoms with van der Waals surface area (Å²) in [6, 6.07) is 13.8. The lowest BCUT2D eigenvalue weighted by Gasteiger charge is -2.42. The molecule has 1 amide bonds. The van der Waals surface area contributed by atoms with E-state index in [4.69, 9.17) is 15.7 Å². The van der Waals surface area contributed by atoms with Crippen molar-refractivity contribution >= 4 is 39.8 Å². The van der Waals surface area contributed by atoms with E-state index in [2.05, 4.69) is 37.4 Å². The summed E-state index contributed by atoms with van der Waals surface area (Å²) in [5.41, 5.74) is 9.26. The van der Waals surface area contributed by atoms with Crippen molar-refractivity contribution in [3.05, 3.63) is 60.2 Å². The van der Waals surface area contributed by atoms with Crippen LogP contribution in [0.4, 0.5) is 27.4 Å². The summed E-state index contributed by atoms with van der Waals surface area (Å²) in [5, 5.41) is 7.65. The predicted molar refractivity (Wildman–Crippen MR) is 173 cm³/mol. The molecule has 2 aromatic heterocycles. The molecule has 11 heteroatoms. The van der Waals surface area contributed by atoms with E-state index in [1.54, 1.807) is 6.07 Å². The van der Waals surface area contributed by atoms with Crippen molar-refractivity contribution in [3.63, 3.8) is 0 Å². The number of nitrogens with two attached hydrogens (primary N) is 1. The summed E-state index contributed by atoms with van der Waals surface area (Å²) in [5.74, 6) is -0.260. The van der Waals surface area contributed by atoms with E-state index in [0.717, 1.165) is 87.8 Å². The van der Waals surface area contributed by atoms with Gasteiger partial charge in [-0.3, -0.25) is 9.69 Å². The van der Waals surface area contributed by atoms with Crippen LogP contribution in [-0.4, -0.2) is 89.1 Å². The summed E-state index contributed by atoms with van der Waals surface area (Å²) < 4.78 is 15.6. The maximum atomic E-state index is 15.6. The molecule has 2 aliphatic heterocycles. The second-order valence-electron chi connectivity index (χ2n) is 12.3. The van der Waals surface area contributed by atoms with E-state index in [0.29, 0.717) is 28.9 Å². The number of hydrogen-bond donors (Lipinski definition) is 4. The maximum absolute atomic E-state index is 15.6. The van der Waals surface area contributed by atoms with E-state index in [-0.39, 0.29) is 23.4 Å². The number of aromatic nitrogens is 3. The first-order valence-electron chi connectivity index (χ1n) is 15.7. The summed E-state index contributed by atoms with van der Waals surface area (Å²) in [7, 11) is 2.17. The first-order valence-corrected chi connectivity index (χ1v) is 15.7. The van der Waals surface area contributed by atoms with E-state index in [1.165, 1.54) is 6.07 Å². The number of aromatic amines is 1. The van der Waals surface area contributed by atoms with Crippen LogP contribution in [0.1, 0.15) is 42.6 Å². The number of anilines is 4. The molecule has 230 valence electrons. The average molecular weight is 598 g/mol. The van der Waals surface area contributed by atoms with Gasteiger partial charge in [0.2, 0.25) is 0 Å². The fourth-order valence-corrected chi connectivity index (χ4v) is 6.66. The molecule has 0 radical (unpaired) electrons. The minimum atomic E-state index is -0.710. The number of rotatable bonds is 8. The number of nitrogens with one attached hydrogen (secondary N) is 3. The number of amides is 1. The quantitative estimate of drug-likeness (QED) is 0.229. The third-order valence-corrected chi connectivity index (χ3v) is 9.50. The smallest absolute Gasteiger partial charge is 0.271 e. The zero-order chi connectivity index (χ0) is 30.2. The van der Waals surface area contributed by atoms with Gasteiger partial charge in [-0.1, -0.05) is 12.1 Å². The lowest BCUT2D eigenvalue weighted by molar-refractivity contribution is 0.0981. The molecule has 7 rings (SSSR count). The molecule has 3 aliphatic rings. The van der Waals surface area contributed by atoms with Gasteiger partial charge in [0.1, 0.15) is 11.5 Å². The Morgan fingerprint density at radius 3 is 2.48 bits per heavy atom. The molecule has 1 saturated carbocycles. The van der Waals surface area contributed by atoms with Crippen molar-refractivity contribution in [1.82, 2.24) is 24.8 Å². The maximum Gasteiger partial charge on any atom is 0.271 e. The molecule has 0 atom stereocenters. The minimum absolute atomic E-state index is 0.00200. The standard InChI is InChI=1S/C33H40FN9O/c1-41-16-18-42(19-17-41)23-11-14-43(15-12-23)28-9-8-22(20-26(28)34)38-33-30(31(35)44)39-29(32(40-33)37-21-4-2-5-21)25-6-3-7-27-24(25)10-13-36-27/h3,6-10,13,20-21,23,36H,2,4-5,11-12,14-19H2,1H3,(H2,35,44)(H2,37,38,40). The van der Waals surface area contributed by atoms with Crippen molar-refractivity contribution in [3.8, 4) is 11.3 Å². The molecule has 44 heavy (non-hydrogen) atoms. The molecule has 0 bridgehead atoms. The number of piperidine rings is 1. The second-order valence-corrected chi connectivity index (χ2v) is 12.3. The summed E-state index contributed by atoms with van der Waals surface area (Å²) in [6.45, 7) is 6.07. The van der Waals surface area contributed by atoms with Gasteiger partial charge in [-0.2, -0.15) is 0 Å². The van der Waals surface area contributed by atoms with Gasteiger partial charge in [-0.15, -0.1) is 0 Å². The van der Waals surface area contributed by atoms with Crippen LogP contribution in [0.5, 0.6) is 0 Å². The second kappa shape index (κ2) is 12.0. The molecular formula is C33H40FN9O. The van der Waals surface area contributed by atoms with Gasteiger partial charge < -0.3 is 31.2 Å². The van der Waals surface area contributed by atoms with Gasteiger partial charge in [-0.05, 0) is 69.5 Å². The number of primary amides is 1. The number of carbonyl (C=O) groups is 1. The Hall–Kier alpha value is -4.22. The van der Waals surface area contributed by atoms with Crippen LogP contribution in [0.25, 0.3) is 22.2 Å². The summed E-state index contributed by atoms with van der Waals surface area (Å²) in [6.07, 6.45) is 7.15. The first kappa shape index (κ1) is 28.5. The molecule has 10 nitrogen and oxygen atoms in total. The highest BCUT2D eigenvalue weighted by molar-refractivity contribution is 6.00. The van der Waals surface area contributed by atoms with Crippen molar-refractivity contribution in [2.45, 2.75) is 44.2 Å². The van der Waals surface area contributed by atoms with Crippen molar-refractivity contribution < 1.29 is 9.18 Å².